The van der Waals surface area contributed by atoms with Crippen LogP contribution >= 0.6 is 0 Å². The molecule has 2 heterocycles. The van der Waals surface area contributed by atoms with Crippen molar-refractivity contribution in [3.8, 4) is 17.2 Å². The van der Waals surface area contributed by atoms with E-state index in [0.717, 1.165) is 0 Å². The summed E-state index contributed by atoms with van der Waals surface area (Å²) in [5.74, 6) is 0.873. The van der Waals surface area contributed by atoms with Gasteiger partial charge in [-0.15, -0.1) is 0 Å². The van der Waals surface area contributed by atoms with Gasteiger partial charge in [0.05, 0.1) is 39.4 Å². The first-order valence-electron chi connectivity index (χ1n) is 11.1. The first-order chi connectivity index (χ1) is 17.3. The third-order valence-electron chi connectivity index (χ3n) is 5.83. The van der Waals surface area contributed by atoms with E-state index in [2.05, 4.69) is 10.3 Å². The number of nitrogens with one attached hydrogen (secondary N) is 1. The maximum Gasteiger partial charge on any atom is 0.252 e. The number of methoxy groups -OCH3 is 1. The first-order valence-corrected chi connectivity index (χ1v) is 12.6. The lowest BCUT2D eigenvalue weighted by molar-refractivity contribution is 0.100. The second-order valence-electron chi connectivity index (χ2n) is 8.20. The van der Waals surface area contributed by atoms with Crippen LogP contribution in [0.1, 0.15) is 15.9 Å². The number of rotatable bonds is 6. The quantitative estimate of drug-likeness (QED) is 0.402. The van der Waals surface area contributed by atoms with E-state index in [1.54, 1.807) is 49.4 Å². The van der Waals surface area contributed by atoms with Crippen molar-refractivity contribution < 1.29 is 27.4 Å². The number of hydrogen-bond donors (Lipinski definition) is 2. The summed E-state index contributed by atoms with van der Waals surface area (Å²) in [6.45, 7) is 2.57. The Morgan fingerprint density at radius 2 is 1.83 bits per heavy atom. The molecule has 9 nitrogen and oxygen atoms in total. The molecule has 1 aliphatic heterocycles. The summed E-state index contributed by atoms with van der Waals surface area (Å²) in [4.78, 5) is 16.8. The van der Waals surface area contributed by atoms with Crippen LogP contribution in [0.3, 0.4) is 0 Å². The van der Waals surface area contributed by atoms with E-state index in [0.29, 0.717) is 52.8 Å². The SMILES string of the molecule is COc1ccc(S(=O)(=O)c2cc(C)cc3c(Nc4cccc5c4OCCO5)c(C(N)=O)cnc23)cc1. The van der Waals surface area contributed by atoms with E-state index in [-0.39, 0.29) is 20.9 Å². The number of nitrogens with two attached hydrogens (primary N) is 1. The van der Waals surface area contributed by atoms with Gasteiger partial charge in [0, 0.05) is 11.6 Å². The number of fused-ring (bicyclic) bond motifs is 2. The Kier molecular flexibility index (Phi) is 5.89. The van der Waals surface area contributed by atoms with E-state index in [9.17, 15) is 13.2 Å². The molecule has 0 spiro atoms. The Hall–Kier alpha value is -4.31. The number of aromatic nitrogens is 1. The summed E-state index contributed by atoms with van der Waals surface area (Å²) >= 11 is 0. The van der Waals surface area contributed by atoms with Gasteiger partial charge >= 0.3 is 0 Å². The Bertz CT molecular complexity index is 1600. The van der Waals surface area contributed by atoms with Crippen molar-refractivity contribution >= 4 is 38.0 Å². The summed E-state index contributed by atoms with van der Waals surface area (Å²) in [5.41, 5.74) is 7.51. The van der Waals surface area contributed by atoms with Gasteiger partial charge in [-0.25, -0.2) is 8.42 Å². The summed E-state index contributed by atoms with van der Waals surface area (Å²) < 4.78 is 43.9. The average Bonchev–Trinajstić information content (AvgIpc) is 2.88. The van der Waals surface area contributed by atoms with Crippen molar-refractivity contribution in [2.45, 2.75) is 16.7 Å². The van der Waals surface area contributed by atoms with E-state index >= 15 is 0 Å². The zero-order chi connectivity index (χ0) is 25.4. The van der Waals surface area contributed by atoms with Crippen LogP contribution in [-0.4, -0.2) is 39.6 Å². The largest absolute Gasteiger partial charge is 0.497 e. The van der Waals surface area contributed by atoms with Crippen LogP contribution < -0.4 is 25.3 Å². The zero-order valence-corrected chi connectivity index (χ0v) is 20.4. The number of ether oxygens (including phenoxy) is 3. The van der Waals surface area contributed by atoms with Crippen molar-refractivity contribution in [3.63, 3.8) is 0 Å². The number of primary amides is 1. The predicted molar refractivity (Wildman–Crippen MR) is 134 cm³/mol. The number of pyridine rings is 1. The van der Waals surface area contributed by atoms with Gasteiger partial charge in [0.25, 0.3) is 5.91 Å². The number of anilines is 2. The van der Waals surface area contributed by atoms with Crippen LogP contribution in [0, 0.1) is 6.92 Å². The molecule has 0 aliphatic carbocycles. The van der Waals surface area contributed by atoms with Gasteiger partial charge < -0.3 is 25.3 Å². The number of aryl methyl sites for hydroxylation is 1. The van der Waals surface area contributed by atoms with Crippen molar-refractivity contribution in [2.75, 3.05) is 25.6 Å². The molecule has 0 saturated heterocycles. The molecule has 0 fully saturated rings. The Morgan fingerprint density at radius 1 is 1.08 bits per heavy atom. The molecule has 3 N–H and O–H groups in total. The molecule has 0 atom stereocenters. The molecule has 5 rings (SSSR count). The van der Waals surface area contributed by atoms with Crippen LogP contribution in [0.2, 0.25) is 0 Å². The molecule has 0 bridgehead atoms. The minimum atomic E-state index is -3.96. The highest BCUT2D eigenvalue weighted by molar-refractivity contribution is 7.91. The predicted octanol–water partition coefficient (Wildman–Crippen LogP) is 4.00. The highest BCUT2D eigenvalue weighted by Crippen LogP contribution is 2.41. The molecule has 1 aliphatic rings. The van der Waals surface area contributed by atoms with Gasteiger partial charge in [0.2, 0.25) is 9.84 Å². The van der Waals surface area contributed by atoms with Crippen molar-refractivity contribution in [1.82, 2.24) is 4.98 Å². The number of benzene rings is 3. The van der Waals surface area contributed by atoms with Crippen LogP contribution in [0.5, 0.6) is 17.2 Å². The third-order valence-corrected chi connectivity index (χ3v) is 7.61. The van der Waals surface area contributed by atoms with Crippen LogP contribution in [0.4, 0.5) is 11.4 Å². The second kappa shape index (κ2) is 9.04. The highest BCUT2D eigenvalue weighted by Gasteiger charge is 2.25. The lowest BCUT2D eigenvalue weighted by atomic mass is 10.1. The topological polar surface area (TPSA) is 130 Å². The lowest BCUT2D eigenvalue weighted by Crippen LogP contribution is -2.17. The zero-order valence-electron chi connectivity index (χ0n) is 19.6. The van der Waals surface area contributed by atoms with Crippen molar-refractivity contribution in [2.24, 2.45) is 5.73 Å². The molecule has 10 heteroatoms. The minimum Gasteiger partial charge on any atom is -0.497 e. The molecular weight excluding hydrogens is 482 g/mol. The van der Waals surface area contributed by atoms with Gasteiger partial charge in [-0.2, -0.15) is 0 Å². The normalized spacial score (nSPS) is 12.8. The van der Waals surface area contributed by atoms with Crippen molar-refractivity contribution in [1.29, 1.82) is 0 Å². The Balaban J connectivity index is 1.72. The summed E-state index contributed by atoms with van der Waals surface area (Å²) in [6.07, 6.45) is 1.28. The molecule has 1 aromatic heterocycles. The van der Waals surface area contributed by atoms with E-state index in [4.69, 9.17) is 19.9 Å². The minimum absolute atomic E-state index is 0.0106. The molecular formula is C26H23N3O6S. The number of carbonyl (C=O) groups excluding carboxylic acids is 1. The molecule has 3 aromatic carbocycles. The van der Waals surface area contributed by atoms with Gasteiger partial charge in [-0.3, -0.25) is 9.78 Å². The average molecular weight is 506 g/mol. The van der Waals surface area contributed by atoms with E-state index in [1.165, 1.54) is 25.4 Å². The first kappa shape index (κ1) is 23.4. The standard InChI is InChI=1S/C26H23N3O6S/c1-15-12-18-23(29-20-4-3-5-21-25(20)35-11-10-34-21)19(26(27)30)14-28-24(18)22(13-15)36(31,32)17-8-6-16(33-2)7-9-17/h3-9,12-14H,10-11H2,1-2H3,(H2,27,30)(H,28,29). The molecule has 36 heavy (non-hydrogen) atoms. The molecule has 184 valence electrons. The monoisotopic (exact) mass is 505 g/mol. The second-order valence-corrected chi connectivity index (χ2v) is 10.1. The van der Waals surface area contributed by atoms with E-state index < -0.39 is 15.7 Å². The summed E-state index contributed by atoms with van der Waals surface area (Å²) in [5, 5.41) is 3.65. The fraction of sp³-hybridized carbons (Fsp3) is 0.154. The Labute approximate surface area is 207 Å². The summed E-state index contributed by atoms with van der Waals surface area (Å²) in [6, 6.07) is 14.8. The molecule has 0 radical (unpaired) electrons. The maximum atomic E-state index is 13.7. The smallest absolute Gasteiger partial charge is 0.252 e. The molecule has 0 unspecified atom stereocenters. The van der Waals surface area contributed by atoms with Crippen LogP contribution in [-0.2, 0) is 9.84 Å². The number of nitrogens with zero attached hydrogens (tertiary/aromatic N) is 1. The number of sulfone groups is 1. The van der Waals surface area contributed by atoms with Gasteiger partial charge in [-0.05, 0) is 61.0 Å². The maximum absolute atomic E-state index is 13.7. The van der Waals surface area contributed by atoms with Crippen LogP contribution in [0.25, 0.3) is 10.9 Å². The third kappa shape index (κ3) is 4.05. The number of amides is 1. The number of para-hydroxylation sites is 1. The molecule has 1 amide bonds. The van der Waals surface area contributed by atoms with Crippen molar-refractivity contribution in [3.05, 3.63) is 71.9 Å². The molecule has 0 saturated carbocycles. The van der Waals surface area contributed by atoms with Crippen LogP contribution in [0.15, 0.2) is 70.6 Å². The van der Waals surface area contributed by atoms with E-state index in [1.807, 2.05) is 0 Å². The lowest BCUT2D eigenvalue weighted by Gasteiger charge is -2.22. The fourth-order valence-corrected chi connectivity index (χ4v) is 5.63. The highest BCUT2D eigenvalue weighted by atomic mass is 32.2. The molecule has 4 aromatic rings. The van der Waals surface area contributed by atoms with Gasteiger partial charge in [0.1, 0.15) is 19.0 Å². The van der Waals surface area contributed by atoms with Gasteiger partial charge in [-0.1, -0.05) is 6.07 Å². The summed E-state index contributed by atoms with van der Waals surface area (Å²) in [7, 11) is -2.45. The Morgan fingerprint density at radius 3 is 2.56 bits per heavy atom. The number of hydrogen-bond acceptors (Lipinski definition) is 8. The van der Waals surface area contributed by atoms with Gasteiger partial charge in [0.15, 0.2) is 11.5 Å². The number of carbonyl (C=O) groups is 1. The fourth-order valence-electron chi connectivity index (χ4n) is 4.12.